The van der Waals surface area contributed by atoms with E-state index >= 15 is 0 Å². The zero-order chi connectivity index (χ0) is 28.4. The van der Waals surface area contributed by atoms with Gasteiger partial charge in [-0.1, -0.05) is 59.6 Å². The molecule has 0 aliphatic heterocycles. The van der Waals surface area contributed by atoms with Crippen LogP contribution in [0.1, 0.15) is 50.4 Å². The number of anilines is 3. The Balaban J connectivity index is 1.40. The van der Waals surface area contributed by atoms with E-state index in [-0.39, 0.29) is 17.9 Å². The highest BCUT2D eigenvalue weighted by atomic mass is 35.5. The van der Waals surface area contributed by atoms with Gasteiger partial charge in [-0.3, -0.25) is 9.59 Å². The van der Waals surface area contributed by atoms with Crippen molar-refractivity contribution in [1.82, 2.24) is 19.9 Å². The molecule has 0 bridgehead atoms. The van der Waals surface area contributed by atoms with Crippen LogP contribution in [0.25, 0.3) is 5.52 Å². The fourth-order valence-electron chi connectivity index (χ4n) is 4.43. The lowest BCUT2D eigenvalue weighted by molar-refractivity contribution is 0.0938. The van der Waals surface area contributed by atoms with Gasteiger partial charge in [0, 0.05) is 33.2 Å². The number of amides is 2. The summed E-state index contributed by atoms with van der Waals surface area (Å²) >= 11 is 12.1. The number of carbonyl (C=O) groups is 2. The first kappa shape index (κ1) is 27.2. The van der Waals surface area contributed by atoms with Gasteiger partial charge < -0.3 is 16.0 Å². The molecule has 8 nitrogen and oxygen atoms in total. The fraction of sp³-hybridized carbons (Fsp3) is 0.133. The fourth-order valence-corrected chi connectivity index (χ4v) is 4.96. The van der Waals surface area contributed by atoms with E-state index in [9.17, 15) is 9.59 Å². The summed E-state index contributed by atoms with van der Waals surface area (Å²) in [7, 11) is 0. The third-order valence-electron chi connectivity index (χ3n) is 6.59. The van der Waals surface area contributed by atoms with E-state index < -0.39 is 0 Å². The molecule has 0 aliphatic carbocycles. The van der Waals surface area contributed by atoms with Crippen molar-refractivity contribution < 1.29 is 9.59 Å². The average molecular weight is 573 g/mol. The minimum Gasteiger partial charge on any atom is -0.345 e. The summed E-state index contributed by atoms with van der Waals surface area (Å²) in [5.74, 6) is -0.0189. The van der Waals surface area contributed by atoms with Crippen LogP contribution in [0.2, 0.25) is 10.0 Å². The normalized spacial score (nSPS) is 11.7. The highest BCUT2D eigenvalue weighted by Crippen LogP contribution is 2.29. The Morgan fingerprint density at radius 3 is 2.38 bits per heavy atom. The Morgan fingerprint density at radius 1 is 0.925 bits per heavy atom. The SMILES string of the molecule is Cc1ccc(NC(=O)c2cc(Cl)cc(Cl)c2)cc1Nc1ncnn2cc(C(=O)NC(C)c3ccccc3)c(C)c12. The van der Waals surface area contributed by atoms with Crippen molar-refractivity contribution in [2.24, 2.45) is 0 Å². The highest BCUT2D eigenvalue weighted by molar-refractivity contribution is 6.35. The summed E-state index contributed by atoms with van der Waals surface area (Å²) in [6.45, 7) is 5.75. The first-order chi connectivity index (χ1) is 19.2. The Labute approximate surface area is 241 Å². The molecule has 2 amide bonds. The molecule has 5 aromatic rings. The summed E-state index contributed by atoms with van der Waals surface area (Å²) < 4.78 is 1.64. The van der Waals surface area contributed by atoms with Crippen molar-refractivity contribution >= 4 is 57.7 Å². The van der Waals surface area contributed by atoms with Crippen molar-refractivity contribution in [3.05, 3.63) is 117 Å². The van der Waals surface area contributed by atoms with Gasteiger partial charge in [0.2, 0.25) is 0 Å². The van der Waals surface area contributed by atoms with Crippen LogP contribution in [0.5, 0.6) is 0 Å². The van der Waals surface area contributed by atoms with E-state index in [2.05, 4.69) is 26.0 Å². The molecule has 10 heteroatoms. The van der Waals surface area contributed by atoms with Crippen molar-refractivity contribution in [3.8, 4) is 0 Å². The molecule has 0 radical (unpaired) electrons. The molecule has 0 spiro atoms. The van der Waals surface area contributed by atoms with Gasteiger partial charge in [0.1, 0.15) is 11.8 Å². The standard InChI is InChI=1S/C30H26Cl2N6O2/c1-17-9-10-24(36-29(39)21-11-22(31)13-23(32)12-21)14-26(17)37-28-27-18(2)25(15-38(27)34-16-33-28)30(40)35-19(3)20-7-5-4-6-8-20/h4-16,19H,1-3H3,(H,35,40)(H,36,39)(H,33,34,37). The topological polar surface area (TPSA) is 100 Å². The van der Waals surface area contributed by atoms with Crippen LogP contribution in [0.15, 0.2) is 79.3 Å². The van der Waals surface area contributed by atoms with E-state index in [1.54, 1.807) is 35.0 Å². The van der Waals surface area contributed by atoms with Crippen LogP contribution in [0.3, 0.4) is 0 Å². The second-order valence-corrected chi connectivity index (χ2v) is 10.3. The van der Waals surface area contributed by atoms with Crippen molar-refractivity contribution in [2.75, 3.05) is 10.6 Å². The van der Waals surface area contributed by atoms with E-state index in [0.717, 1.165) is 22.4 Å². The zero-order valence-corrected chi connectivity index (χ0v) is 23.5. The number of benzene rings is 3. The minimum absolute atomic E-state index is 0.164. The molecule has 0 saturated carbocycles. The molecule has 2 aromatic heterocycles. The third kappa shape index (κ3) is 5.78. The molecule has 5 rings (SSSR count). The Kier molecular flexibility index (Phi) is 7.73. The number of hydrogen-bond acceptors (Lipinski definition) is 5. The van der Waals surface area contributed by atoms with Gasteiger partial charge in [0.25, 0.3) is 11.8 Å². The quantitative estimate of drug-likeness (QED) is 0.192. The summed E-state index contributed by atoms with van der Waals surface area (Å²) in [4.78, 5) is 30.5. The molecule has 3 N–H and O–H groups in total. The van der Waals surface area contributed by atoms with Gasteiger partial charge in [-0.15, -0.1) is 0 Å². The maximum Gasteiger partial charge on any atom is 0.255 e. The van der Waals surface area contributed by atoms with Crippen LogP contribution < -0.4 is 16.0 Å². The lowest BCUT2D eigenvalue weighted by atomic mass is 10.1. The number of nitrogens with zero attached hydrogens (tertiary/aromatic N) is 3. The first-order valence-electron chi connectivity index (χ1n) is 12.5. The second-order valence-electron chi connectivity index (χ2n) is 9.44. The van der Waals surface area contributed by atoms with Crippen LogP contribution in [0, 0.1) is 13.8 Å². The summed E-state index contributed by atoms with van der Waals surface area (Å²) in [5, 5.41) is 14.4. The summed E-state index contributed by atoms with van der Waals surface area (Å²) in [6.07, 6.45) is 3.12. The minimum atomic E-state index is -0.341. The maximum atomic E-state index is 13.2. The number of halogens is 2. The molecular formula is C30H26Cl2N6O2. The lowest BCUT2D eigenvalue weighted by Crippen LogP contribution is -2.26. The smallest absolute Gasteiger partial charge is 0.255 e. The molecule has 1 atom stereocenters. The molecule has 202 valence electrons. The zero-order valence-electron chi connectivity index (χ0n) is 22.0. The van der Waals surface area contributed by atoms with Crippen molar-refractivity contribution in [3.63, 3.8) is 0 Å². The number of carbonyl (C=O) groups excluding carboxylic acids is 2. The van der Waals surface area contributed by atoms with Crippen LogP contribution >= 0.6 is 23.2 Å². The summed E-state index contributed by atoms with van der Waals surface area (Å²) in [6, 6.07) is 19.8. The molecule has 0 saturated heterocycles. The van der Waals surface area contributed by atoms with Crippen molar-refractivity contribution in [2.45, 2.75) is 26.8 Å². The molecule has 0 fully saturated rings. The largest absolute Gasteiger partial charge is 0.345 e. The van der Waals surface area contributed by atoms with E-state index in [4.69, 9.17) is 23.2 Å². The predicted octanol–water partition coefficient (Wildman–Crippen LogP) is 7.14. The van der Waals surface area contributed by atoms with Gasteiger partial charge in [0.05, 0.1) is 11.6 Å². The molecule has 2 heterocycles. The molecule has 40 heavy (non-hydrogen) atoms. The van der Waals surface area contributed by atoms with Gasteiger partial charge >= 0.3 is 0 Å². The second kappa shape index (κ2) is 11.4. The van der Waals surface area contributed by atoms with Gasteiger partial charge in [-0.2, -0.15) is 5.10 Å². The monoisotopic (exact) mass is 572 g/mol. The maximum absolute atomic E-state index is 13.2. The first-order valence-corrected chi connectivity index (χ1v) is 13.3. The molecule has 1 unspecified atom stereocenters. The van der Waals surface area contributed by atoms with Crippen LogP contribution in [0.4, 0.5) is 17.2 Å². The number of aromatic nitrogens is 3. The van der Waals surface area contributed by atoms with Crippen LogP contribution in [-0.4, -0.2) is 26.4 Å². The number of rotatable bonds is 7. The lowest BCUT2D eigenvalue weighted by Gasteiger charge is -2.14. The number of fused-ring (bicyclic) bond motifs is 1. The third-order valence-corrected chi connectivity index (χ3v) is 7.03. The van der Waals surface area contributed by atoms with E-state index in [1.807, 2.05) is 63.2 Å². The average Bonchev–Trinajstić information content (AvgIpc) is 3.27. The molecule has 0 aliphatic rings. The molecule has 3 aromatic carbocycles. The predicted molar refractivity (Wildman–Crippen MR) is 159 cm³/mol. The van der Waals surface area contributed by atoms with E-state index in [0.29, 0.717) is 38.2 Å². The van der Waals surface area contributed by atoms with Gasteiger partial charge in [0.15, 0.2) is 5.82 Å². The van der Waals surface area contributed by atoms with Gasteiger partial charge in [-0.25, -0.2) is 9.50 Å². The van der Waals surface area contributed by atoms with Crippen molar-refractivity contribution in [1.29, 1.82) is 0 Å². The number of nitrogens with one attached hydrogen (secondary N) is 3. The number of aryl methyl sites for hydroxylation is 2. The highest BCUT2D eigenvalue weighted by Gasteiger charge is 2.20. The molecular weight excluding hydrogens is 547 g/mol. The summed E-state index contributed by atoms with van der Waals surface area (Å²) in [5.41, 5.74) is 5.50. The Morgan fingerprint density at radius 2 is 1.65 bits per heavy atom. The Hall–Kier alpha value is -4.40. The van der Waals surface area contributed by atoms with Gasteiger partial charge in [-0.05, 0) is 67.8 Å². The van der Waals surface area contributed by atoms with E-state index in [1.165, 1.54) is 6.33 Å². The Bertz CT molecular complexity index is 1720. The number of hydrogen-bond donors (Lipinski definition) is 3. The van der Waals surface area contributed by atoms with Crippen LogP contribution in [-0.2, 0) is 0 Å².